The molecule has 0 aliphatic carbocycles. The molecule has 8 heteroatoms. The number of hydrogen-bond donors (Lipinski definition) is 1. The third kappa shape index (κ3) is 3.97. The van der Waals surface area contributed by atoms with Crippen molar-refractivity contribution in [3.63, 3.8) is 0 Å². The molecule has 0 bridgehead atoms. The number of carbonyl (C=O) groups is 2. The van der Waals surface area contributed by atoms with Gasteiger partial charge in [-0.05, 0) is 43.3 Å². The van der Waals surface area contributed by atoms with E-state index < -0.39 is 18.4 Å². The Kier molecular flexibility index (Phi) is 5.43. The second-order valence-electron chi connectivity index (χ2n) is 5.32. The number of aliphatic carboxylic acids is 1. The zero-order chi connectivity index (χ0) is 18.7. The van der Waals surface area contributed by atoms with Gasteiger partial charge >= 0.3 is 5.97 Å². The lowest BCUT2D eigenvalue weighted by Crippen LogP contribution is -2.33. The largest absolute Gasteiger partial charge is 0.494 e. The first-order valence-corrected chi connectivity index (χ1v) is 9.00. The summed E-state index contributed by atoms with van der Waals surface area (Å²) in [5.74, 6) is 0.384. The van der Waals surface area contributed by atoms with Crippen LogP contribution in [-0.2, 0) is 9.59 Å². The van der Waals surface area contributed by atoms with Crippen molar-refractivity contribution in [2.45, 2.75) is 6.92 Å². The number of ether oxygens (including phenoxy) is 1. The molecule has 1 aliphatic rings. The molecular weight excluding hydrogens is 374 g/mol. The molecule has 1 N–H and O–H groups in total. The zero-order valence-corrected chi connectivity index (χ0v) is 15.4. The van der Waals surface area contributed by atoms with Gasteiger partial charge in [-0.2, -0.15) is 0 Å². The number of thioether (sulfide) groups is 1. The SMILES string of the molecule is CCOc1ccc(-c2ccc(C=C3SC(=S)N(CC(=O)O)C3=O)o2)cc1. The minimum absolute atomic E-state index is 0.224. The third-order valence-corrected chi connectivity index (χ3v) is 4.89. The summed E-state index contributed by atoms with van der Waals surface area (Å²) in [7, 11) is 0. The topological polar surface area (TPSA) is 80.0 Å². The van der Waals surface area contributed by atoms with Gasteiger partial charge in [0, 0.05) is 11.6 Å². The van der Waals surface area contributed by atoms with E-state index in [1.165, 1.54) is 0 Å². The van der Waals surface area contributed by atoms with Gasteiger partial charge in [-0.15, -0.1) is 0 Å². The number of furan rings is 1. The lowest BCUT2D eigenvalue weighted by Gasteiger charge is -2.09. The van der Waals surface area contributed by atoms with Crippen LogP contribution in [0.3, 0.4) is 0 Å². The van der Waals surface area contributed by atoms with Gasteiger partial charge in [0.15, 0.2) is 0 Å². The first-order chi connectivity index (χ1) is 12.5. The van der Waals surface area contributed by atoms with Crippen molar-refractivity contribution in [2.24, 2.45) is 0 Å². The van der Waals surface area contributed by atoms with Crippen molar-refractivity contribution in [1.29, 1.82) is 0 Å². The molecule has 0 atom stereocenters. The Morgan fingerprint density at radius 2 is 2.04 bits per heavy atom. The summed E-state index contributed by atoms with van der Waals surface area (Å²) < 4.78 is 11.4. The number of thiocarbonyl (C=S) groups is 1. The molecule has 134 valence electrons. The van der Waals surface area contributed by atoms with Crippen LogP contribution in [0.25, 0.3) is 17.4 Å². The van der Waals surface area contributed by atoms with E-state index in [0.29, 0.717) is 23.0 Å². The van der Waals surface area contributed by atoms with Gasteiger partial charge in [0.25, 0.3) is 5.91 Å². The fraction of sp³-hybridized carbons (Fsp3) is 0.167. The highest BCUT2D eigenvalue weighted by Crippen LogP contribution is 2.33. The fourth-order valence-corrected chi connectivity index (χ4v) is 3.60. The summed E-state index contributed by atoms with van der Waals surface area (Å²) in [5, 5.41) is 8.86. The first-order valence-electron chi connectivity index (χ1n) is 7.78. The molecule has 0 spiro atoms. The quantitative estimate of drug-likeness (QED) is 0.597. The molecule has 0 radical (unpaired) electrons. The van der Waals surface area contributed by atoms with Crippen LogP contribution in [0, 0.1) is 0 Å². The van der Waals surface area contributed by atoms with E-state index in [2.05, 4.69) is 0 Å². The molecule has 1 aliphatic heterocycles. The van der Waals surface area contributed by atoms with Crippen molar-refractivity contribution in [3.05, 3.63) is 47.1 Å². The highest BCUT2D eigenvalue weighted by molar-refractivity contribution is 8.26. The fourth-order valence-electron chi connectivity index (χ4n) is 2.37. The summed E-state index contributed by atoms with van der Waals surface area (Å²) in [6.45, 7) is 2.08. The molecule has 2 heterocycles. The maximum atomic E-state index is 12.3. The Labute approximate surface area is 159 Å². The Bertz CT molecular complexity index is 885. The van der Waals surface area contributed by atoms with Gasteiger partial charge in [-0.1, -0.05) is 24.0 Å². The molecule has 2 aromatic rings. The predicted octanol–water partition coefficient (Wildman–Crippen LogP) is 3.63. The zero-order valence-electron chi connectivity index (χ0n) is 13.8. The van der Waals surface area contributed by atoms with Crippen molar-refractivity contribution in [2.75, 3.05) is 13.2 Å². The van der Waals surface area contributed by atoms with Crippen LogP contribution >= 0.6 is 24.0 Å². The summed E-state index contributed by atoms with van der Waals surface area (Å²) in [5.41, 5.74) is 0.881. The molecule has 3 rings (SSSR count). The van der Waals surface area contributed by atoms with Crippen molar-refractivity contribution in [3.8, 4) is 17.1 Å². The number of rotatable bonds is 6. The van der Waals surface area contributed by atoms with Crippen molar-refractivity contribution in [1.82, 2.24) is 4.90 Å². The van der Waals surface area contributed by atoms with E-state index in [0.717, 1.165) is 28.0 Å². The number of carboxylic acids is 1. The molecule has 0 saturated carbocycles. The average Bonchev–Trinajstić information content (AvgIpc) is 3.16. The Hall–Kier alpha value is -2.58. The molecular formula is C18H15NO5S2. The third-order valence-electron chi connectivity index (χ3n) is 3.52. The number of nitrogens with zero attached hydrogens (tertiary/aromatic N) is 1. The average molecular weight is 389 g/mol. The lowest BCUT2D eigenvalue weighted by molar-refractivity contribution is -0.140. The van der Waals surface area contributed by atoms with Crippen LogP contribution in [0.4, 0.5) is 0 Å². The molecule has 26 heavy (non-hydrogen) atoms. The summed E-state index contributed by atoms with van der Waals surface area (Å²) in [6.07, 6.45) is 1.57. The molecule has 1 fully saturated rings. The minimum atomic E-state index is -1.11. The van der Waals surface area contributed by atoms with Crippen LogP contribution in [0.5, 0.6) is 5.75 Å². The predicted molar refractivity (Wildman–Crippen MR) is 103 cm³/mol. The molecule has 1 saturated heterocycles. The van der Waals surface area contributed by atoms with Crippen molar-refractivity contribution < 1.29 is 23.8 Å². The normalized spacial score (nSPS) is 15.7. The highest BCUT2D eigenvalue weighted by atomic mass is 32.2. The maximum Gasteiger partial charge on any atom is 0.323 e. The lowest BCUT2D eigenvalue weighted by atomic mass is 10.2. The van der Waals surface area contributed by atoms with Gasteiger partial charge in [0.1, 0.15) is 28.1 Å². The smallest absolute Gasteiger partial charge is 0.323 e. The monoisotopic (exact) mass is 389 g/mol. The Balaban J connectivity index is 1.77. The van der Waals surface area contributed by atoms with E-state index in [4.69, 9.17) is 26.5 Å². The van der Waals surface area contributed by atoms with Gasteiger partial charge in [0.2, 0.25) is 0 Å². The van der Waals surface area contributed by atoms with E-state index in [9.17, 15) is 9.59 Å². The van der Waals surface area contributed by atoms with Gasteiger partial charge in [-0.3, -0.25) is 14.5 Å². The van der Waals surface area contributed by atoms with Crippen LogP contribution in [0.15, 0.2) is 45.7 Å². The van der Waals surface area contributed by atoms with Crippen LogP contribution in [0.2, 0.25) is 0 Å². The molecule has 1 aromatic heterocycles. The van der Waals surface area contributed by atoms with Gasteiger partial charge < -0.3 is 14.3 Å². The van der Waals surface area contributed by atoms with Gasteiger partial charge in [-0.25, -0.2) is 0 Å². The second-order valence-corrected chi connectivity index (χ2v) is 7.00. The highest BCUT2D eigenvalue weighted by Gasteiger charge is 2.33. The Morgan fingerprint density at radius 3 is 2.69 bits per heavy atom. The molecule has 6 nitrogen and oxygen atoms in total. The molecule has 1 amide bonds. The Morgan fingerprint density at radius 1 is 1.31 bits per heavy atom. The molecule has 1 aromatic carbocycles. The minimum Gasteiger partial charge on any atom is -0.494 e. The van der Waals surface area contributed by atoms with E-state index in [1.807, 2.05) is 31.2 Å². The van der Waals surface area contributed by atoms with Crippen molar-refractivity contribution >= 4 is 46.3 Å². The standard InChI is InChI=1S/C18H15NO5S2/c1-2-23-12-5-3-11(4-6-12)14-8-7-13(24-14)9-15-17(22)19(10-16(20)21)18(25)26-15/h3-9H,2,10H2,1H3,(H,20,21). The van der Waals surface area contributed by atoms with Gasteiger partial charge in [0.05, 0.1) is 11.5 Å². The van der Waals surface area contributed by atoms with Crippen LogP contribution < -0.4 is 4.74 Å². The van der Waals surface area contributed by atoms with Crippen LogP contribution in [-0.4, -0.2) is 39.4 Å². The first kappa shape index (κ1) is 18.2. The maximum absolute atomic E-state index is 12.3. The number of carbonyl (C=O) groups excluding carboxylic acids is 1. The van der Waals surface area contributed by atoms with E-state index >= 15 is 0 Å². The second kappa shape index (κ2) is 7.76. The summed E-state index contributed by atoms with van der Waals surface area (Å²) in [6, 6.07) is 11.0. The van der Waals surface area contributed by atoms with Crippen LogP contribution in [0.1, 0.15) is 12.7 Å². The number of hydrogen-bond acceptors (Lipinski definition) is 6. The summed E-state index contributed by atoms with van der Waals surface area (Å²) >= 11 is 6.13. The summed E-state index contributed by atoms with van der Waals surface area (Å²) in [4.78, 5) is 24.5. The van der Waals surface area contributed by atoms with E-state index in [-0.39, 0.29) is 4.32 Å². The molecule has 0 unspecified atom stereocenters. The number of amides is 1. The number of benzene rings is 1. The number of carboxylic acid groups (broad SMARTS) is 1. The van der Waals surface area contributed by atoms with E-state index in [1.54, 1.807) is 18.2 Å².